The zero-order valence-corrected chi connectivity index (χ0v) is 16.2. The molecule has 0 fully saturated rings. The number of thiophene rings is 1. The number of hydrogen-bond acceptors (Lipinski definition) is 6. The molecule has 144 valence electrons. The summed E-state index contributed by atoms with van der Waals surface area (Å²) < 4.78 is 1.56. The van der Waals surface area contributed by atoms with Crippen LogP contribution in [0, 0.1) is 0 Å². The van der Waals surface area contributed by atoms with E-state index in [4.69, 9.17) is 0 Å². The van der Waals surface area contributed by atoms with E-state index in [9.17, 15) is 9.59 Å². The monoisotopic (exact) mass is 404 g/mol. The molecule has 2 aromatic heterocycles. The van der Waals surface area contributed by atoms with Crippen molar-refractivity contribution >= 4 is 34.5 Å². The van der Waals surface area contributed by atoms with Crippen LogP contribution in [0.3, 0.4) is 0 Å². The second-order valence-corrected chi connectivity index (χ2v) is 7.12. The van der Waals surface area contributed by atoms with Gasteiger partial charge < -0.3 is 10.6 Å². The Balaban J connectivity index is 1.49. The predicted octanol–water partition coefficient (Wildman–Crippen LogP) is 3.44. The normalized spacial score (nSPS) is 10.5. The maximum absolute atomic E-state index is 12.7. The number of aryl methyl sites for hydroxylation is 1. The highest BCUT2D eigenvalue weighted by molar-refractivity contribution is 7.12. The summed E-state index contributed by atoms with van der Waals surface area (Å²) in [6.45, 7) is 0. The van der Waals surface area contributed by atoms with Crippen molar-refractivity contribution in [2.45, 2.75) is 0 Å². The Hall–Kier alpha value is -3.85. The van der Waals surface area contributed by atoms with Crippen LogP contribution in [0.2, 0.25) is 0 Å². The van der Waals surface area contributed by atoms with E-state index in [1.165, 1.54) is 11.3 Å². The van der Waals surface area contributed by atoms with Crippen molar-refractivity contribution in [3.05, 3.63) is 76.5 Å². The molecular formula is C20H16N6O2S. The number of tetrazole rings is 1. The molecule has 0 aliphatic heterocycles. The highest BCUT2D eigenvalue weighted by Gasteiger charge is 2.12. The van der Waals surface area contributed by atoms with Gasteiger partial charge in [-0.05, 0) is 52.2 Å². The Morgan fingerprint density at radius 3 is 2.41 bits per heavy atom. The Morgan fingerprint density at radius 2 is 1.69 bits per heavy atom. The number of hydrogen-bond donors (Lipinski definition) is 2. The van der Waals surface area contributed by atoms with Crippen molar-refractivity contribution in [2.24, 2.45) is 7.05 Å². The zero-order chi connectivity index (χ0) is 20.2. The Morgan fingerprint density at radius 1 is 0.931 bits per heavy atom. The Bertz CT molecular complexity index is 1170. The van der Waals surface area contributed by atoms with Crippen LogP contribution in [0.1, 0.15) is 20.0 Å². The number of carbonyl (C=O) groups excluding carboxylic acids is 2. The first kappa shape index (κ1) is 18.5. The maximum Gasteiger partial charge on any atom is 0.265 e. The fourth-order valence-electron chi connectivity index (χ4n) is 2.75. The third kappa shape index (κ3) is 4.19. The van der Waals surface area contributed by atoms with Crippen molar-refractivity contribution in [1.29, 1.82) is 0 Å². The lowest BCUT2D eigenvalue weighted by atomic mass is 10.1. The lowest BCUT2D eigenvalue weighted by molar-refractivity contribution is 0.101. The third-order valence-electron chi connectivity index (χ3n) is 4.13. The van der Waals surface area contributed by atoms with E-state index < -0.39 is 0 Å². The Kier molecular flexibility index (Phi) is 5.12. The van der Waals surface area contributed by atoms with Crippen LogP contribution in [0.15, 0.2) is 66.0 Å². The third-order valence-corrected chi connectivity index (χ3v) is 4.99. The average Bonchev–Trinajstić information content (AvgIpc) is 3.40. The molecule has 0 saturated carbocycles. The van der Waals surface area contributed by atoms with Crippen molar-refractivity contribution in [1.82, 2.24) is 20.2 Å². The molecule has 0 radical (unpaired) electrons. The molecule has 4 aromatic rings. The van der Waals surface area contributed by atoms with Gasteiger partial charge in [0.1, 0.15) is 0 Å². The van der Waals surface area contributed by atoms with Gasteiger partial charge >= 0.3 is 0 Å². The van der Waals surface area contributed by atoms with Gasteiger partial charge in [0.25, 0.3) is 11.8 Å². The van der Waals surface area contributed by atoms with Gasteiger partial charge in [0.05, 0.1) is 4.88 Å². The smallest absolute Gasteiger partial charge is 0.265 e. The fraction of sp³-hybridized carbons (Fsp3) is 0.0500. The minimum atomic E-state index is -0.287. The largest absolute Gasteiger partial charge is 0.322 e. The maximum atomic E-state index is 12.7. The first-order valence-corrected chi connectivity index (χ1v) is 9.57. The molecule has 29 heavy (non-hydrogen) atoms. The number of rotatable bonds is 5. The van der Waals surface area contributed by atoms with Crippen LogP contribution < -0.4 is 10.6 Å². The van der Waals surface area contributed by atoms with E-state index in [0.717, 1.165) is 5.56 Å². The molecule has 0 spiro atoms. The molecule has 2 aromatic carbocycles. The average molecular weight is 404 g/mol. The van der Waals surface area contributed by atoms with Crippen LogP contribution in [0.25, 0.3) is 11.4 Å². The lowest BCUT2D eigenvalue weighted by Crippen LogP contribution is -2.14. The molecule has 2 amide bonds. The summed E-state index contributed by atoms with van der Waals surface area (Å²) in [6, 6.07) is 17.6. The van der Waals surface area contributed by atoms with Gasteiger partial charge in [-0.2, -0.15) is 0 Å². The zero-order valence-electron chi connectivity index (χ0n) is 15.4. The van der Waals surface area contributed by atoms with Crippen LogP contribution in [-0.2, 0) is 7.05 Å². The highest BCUT2D eigenvalue weighted by Crippen LogP contribution is 2.21. The van der Waals surface area contributed by atoms with Gasteiger partial charge in [0.2, 0.25) is 0 Å². The van der Waals surface area contributed by atoms with Crippen LogP contribution in [-0.4, -0.2) is 32.0 Å². The SMILES string of the molecule is Cn1nnnc1-c1cccc(NC(=O)c2cccc(NC(=O)c3cccs3)c2)c1. The summed E-state index contributed by atoms with van der Waals surface area (Å²) in [5.74, 6) is 0.104. The van der Waals surface area contributed by atoms with Crippen molar-refractivity contribution < 1.29 is 9.59 Å². The summed E-state index contributed by atoms with van der Waals surface area (Å²) in [5, 5.41) is 18.9. The van der Waals surface area contributed by atoms with Gasteiger partial charge in [-0.1, -0.05) is 24.3 Å². The standard InChI is InChI=1S/C20H16N6O2S/c1-26-18(23-24-25-26)13-5-2-7-15(11-13)21-19(27)14-6-3-8-16(12-14)22-20(28)17-9-4-10-29-17/h2-12H,1H3,(H,21,27)(H,22,28). The first-order valence-electron chi connectivity index (χ1n) is 8.69. The molecule has 4 rings (SSSR count). The molecule has 0 aliphatic carbocycles. The molecule has 9 heteroatoms. The van der Waals surface area contributed by atoms with E-state index in [1.807, 2.05) is 23.6 Å². The van der Waals surface area contributed by atoms with Crippen molar-refractivity contribution in [2.75, 3.05) is 10.6 Å². The summed E-state index contributed by atoms with van der Waals surface area (Å²) >= 11 is 1.36. The van der Waals surface area contributed by atoms with Gasteiger partial charge in [-0.3, -0.25) is 9.59 Å². The van der Waals surface area contributed by atoms with E-state index in [0.29, 0.717) is 27.6 Å². The topological polar surface area (TPSA) is 102 Å². The predicted molar refractivity (Wildman–Crippen MR) is 111 cm³/mol. The summed E-state index contributed by atoms with van der Waals surface area (Å²) in [4.78, 5) is 25.5. The number of carbonyl (C=O) groups is 2. The number of amides is 2. The van der Waals surface area contributed by atoms with E-state index in [1.54, 1.807) is 54.2 Å². The minimum Gasteiger partial charge on any atom is -0.322 e. The number of benzene rings is 2. The summed E-state index contributed by atoms with van der Waals surface area (Å²) in [5.41, 5.74) is 2.38. The quantitative estimate of drug-likeness (QED) is 0.530. The van der Waals surface area contributed by atoms with Gasteiger partial charge in [0, 0.05) is 29.5 Å². The molecule has 0 unspecified atom stereocenters. The van der Waals surface area contributed by atoms with Crippen LogP contribution in [0.5, 0.6) is 0 Å². The number of nitrogens with one attached hydrogen (secondary N) is 2. The number of aromatic nitrogens is 4. The lowest BCUT2D eigenvalue weighted by Gasteiger charge is -2.09. The minimum absolute atomic E-state index is 0.206. The molecule has 0 aliphatic rings. The summed E-state index contributed by atoms with van der Waals surface area (Å²) in [7, 11) is 1.75. The molecule has 2 N–H and O–H groups in total. The first-order chi connectivity index (χ1) is 14.1. The van der Waals surface area contributed by atoms with Crippen molar-refractivity contribution in [3.8, 4) is 11.4 Å². The van der Waals surface area contributed by atoms with Crippen LogP contribution >= 0.6 is 11.3 Å². The highest BCUT2D eigenvalue weighted by atomic mass is 32.1. The van der Waals surface area contributed by atoms with Gasteiger partial charge in [-0.25, -0.2) is 4.68 Å². The number of nitrogens with zero attached hydrogens (tertiary/aromatic N) is 4. The number of anilines is 2. The second kappa shape index (κ2) is 8.03. The molecule has 2 heterocycles. The van der Waals surface area contributed by atoms with Gasteiger partial charge in [-0.15, -0.1) is 16.4 Å². The van der Waals surface area contributed by atoms with E-state index in [2.05, 4.69) is 26.2 Å². The van der Waals surface area contributed by atoms with E-state index in [-0.39, 0.29) is 11.8 Å². The molecule has 0 saturated heterocycles. The fourth-order valence-corrected chi connectivity index (χ4v) is 3.37. The molecule has 0 atom stereocenters. The van der Waals surface area contributed by atoms with Crippen molar-refractivity contribution in [3.63, 3.8) is 0 Å². The Labute approximate surface area is 170 Å². The van der Waals surface area contributed by atoms with E-state index >= 15 is 0 Å². The van der Waals surface area contributed by atoms with Gasteiger partial charge in [0.15, 0.2) is 5.82 Å². The molecular weight excluding hydrogens is 388 g/mol. The van der Waals surface area contributed by atoms with Crippen LogP contribution in [0.4, 0.5) is 11.4 Å². The summed E-state index contributed by atoms with van der Waals surface area (Å²) in [6.07, 6.45) is 0. The molecule has 8 nitrogen and oxygen atoms in total. The molecule has 0 bridgehead atoms. The second-order valence-electron chi connectivity index (χ2n) is 6.17.